The molecule has 352 valence electrons. The van der Waals surface area contributed by atoms with Crippen LogP contribution in [0.2, 0.25) is 25.7 Å². The molecule has 9 atom stereocenters. The zero-order chi connectivity index (χ0) is 46.0. The predicted molar refractivity (Wildman–Crippen MR) is 254 cm³/mol. The third-order valence-corrected chi connectivity index (χ3v) is 13.2. The molecule has 2 aliphatic rings. The maximum absolute atomic E-state index is 12.6. The molecule has 11 nitrogen and oxygen atoms in total. The summed E-state index contributed by atoms with van der Waals surface area (Å²) >= 11 is 0. The number of carbonyl (C=O) groups excluding carboxylic acids is 1. The third kappa shape index (κ3) is 15.8. The molecular formula is C54H66O11Si. The van der Waals surface area contributed by atoms with E-state index < -0.39 is 69.4 Å². The van der Waals surface area contributed by atoms with Gasteiger partial charge in [-0.1, -0.05) is 171 Å². The van der Waals surface area contributed by atoms with E-state index in [1.54, 1.807) is 0 Å². The first-order valence-corrected chi connectivity index (χ1v) is 26.8. The Hall–Kier alpha value is -4.57. The van der Waals surface area contributed by atoms with Crippen LogP contribution in [0.4, 0.5) is 0 Å². The molecule has 2 aliphatic heterocycles. The monoisotopic (exact) mass is 918 g/mol. The molecule has 0 N–H and O–H groups in total. The number of benzene rings is 5. The number of rotatable bonds is 24. The van der Waals surface area contributed by atoms with Crippen molar-refractivity contribution in [2.24, 2.45) is 0 Å². The first-order chi connectivity index (χ1) is 32.2. The van der Waals surface area contributed by atoms with Crippen LogP contribution in [0.3, 0.4) is 0 Å². The maximum Gasteiger partial charge on any atom is 0.302 e. The molecule has 7 rings (SSSR count). The summed E-state index contributed by atoms with van der Waals surface area (Å²) < 4.78 is 67.2. The van der Waals surface area contributed by atoms with E-state index in [2.05, 4.69) is 19.6 Å². The van der Waals surface area contributed by atoms with Crippen molar-refractivity contribution in [3.05, 3.63) is 179 Å². The second kappa shape index (κ2) is 25.5. The summed E-state index contributed by atoms with van der Waals surface area (Å²) in [5.74, 6) is -0.429. The number of ether oxygens (including phenoxy) is 10. The van der Waals surface area contributed by atoms with Crippen molar-refractivity contribution in [2.75, 3.05) is 19.8 Å². The summed E-state index contributed by atoms with van der Waals surface area (Å²) in [6, 6.07) is 50.8. The molecule has 0 aliphatic carbocycles. The van der Waals surface area contributed by atoms with E-state index >= 15 is 0 Å². The van der Waals surface area contributed by atoms with Gasteiger partial charge in [0.05, 0.1) is 46.2 Å². The van der Waals surface area contributed by atoms with Gasteiger partial charge in [0.2, 0.25) is 0 Å². The molecule has 2 heterocycles. The minimum absolute atomic E-state index is 0.132. The molecule has 5 aromatic rings. The lowest BCUT2D eigenvalue weighted by atomic mass is 9.97. The van der Waals surface area contributed by atoms with Gasteiger partial charge in [-0.2, -0.15) is 0 Å². The summed E-state index contributed by atoms with van der Waals surface area (Å²) in [7, 11) is -1.50. The van der Waals surface area contributed by atoms with Crippen LogP contribution in [0.15, 0.2) is 152 Å². The fraction of sp³-hybridized carbons (Fsp3) is 0.426. The van der Waals surface area contributed by atoms with Gasteiger partial charge < -0.3 is 47.4 Å². The quantitative estimate of drug-likeness (QED) is 0.0436. The molecule has 0 spiro atoms. The van der Waals surface area contributed by atoms with Crippen LogP contribution >= 0.6 is 0 Å². The van der Waals surface area contributed by atoms with Crippen LogP contribution in [0.1, 0.15) is 41.2 Å². The molecule has 0 radical (unpaired) electrons. The highest BCUT2D eigenvalue weighted by Crippen LogP contribution is 2.36. The van der Waals surface area contributed by atoms with Crippen LogP contribution in [0, 0.1) is 0 Å². The summed E-state index contributed by atoms with van der Waals surface area (Å²) in [6.07, 6.45) is -6.60. The molecule has 0 saturated carbocycles. The van der Waals surface area contributed by atoms with Gasteiger partial charge in [-0.15, -0.1) is 0 Å². The largest absolute Gasteiger partial charge is 0.460 e. The highest BCUT2D eigenvalue weighted by atomic mass is 28.3. The number of esters is 1. The van der Waals surface area contributed by atoms with E-state index in [9.17, 15) is 4.79 Å². The van der Waals surface area contributed by atoms with Gasteiger partial charge in [0, 0.05) is 28.0 Å². The molecule has 12 heteroatoms. The summed E-state index contributed by atoms with van der Waals surface area (Å²) in [4.78, 5) is 12.6. The topological polar surface area (TPSA) is 109 Å². The Labute approximate surface area is 391 Å². The third-order valence-electron chi connectivity index (χ3n) is 11.5. The molecule has 5 aromatic carbocycles. The summed E-state index contributed by atoms with van der Waals surface area (Å²) in [5.41, 5.74) is 4.97. The maximum atomic E-state index is 12.6. The Morgan fingerprint density at radius 2 is 0.924 bits per heavy atom. The minimum atomic E-state index is -1.50. The average Bonchev–Trinajstić information content (AvgIpc) is 3.32. The van der Waals surface area contributed by atoms with E-state index in [0.717, 1.165) is 33.9 Å². The van der Waals surface area contributed by atoms with E-state index in [1.165, 1.54) is 6.92 Å². The molecule has 0 bridgehead atoms. The lowest BCUT2D eigenvalue weighted by Crippen LogP contribution is -2.64. The van der Waals surface area contributed by atoms with Gasteiger partial charge in [-0.05, 0) is 33.9 Å². The van der Waals surface area contributed by atoms with E-state index in [4.69, 9.17) is 47.4 Å². The standard InChI is InChI=1S/C54H66O11Si/c1-40(55)62-46-32-47(59-35-43-24-14-7-15-25-43)53(63-48(46)38-56-33-41-20-10-5-11-21-41)65-50-49(39-57-34-42-22-12-6-13-23-42)64-54(58-30-31-66(2,3)4)52(61-37-45-28-18-9-19-29-45)51(50)60-36-44-26-16-8-17-27-44/h5-29,46-54H,30-39H2,1-4H3/t46-,47-,48-,49-,50-,51+,52-,53+,54-/m1/s1. The molecular weight excluding hydrogens is 853 g/mol. The number of carbonyl (C=O) groups is 1. The van der Waals surface area contributed by atoms with Crippen LogP contribution in [0.5, 0.6) is 0 Å². The van der Waals surface area contributed by atoms with E-state index in [0.29, 0.717) is 19.8 Å². The van der Waals surface area contributed by atoms with Gasteiger partial charge >= 0.3 is 5.97 Å². The van der Waals surface area contributed by atoms with Gasteiger partial charge in [0.15, 0.2) is 12.6 Å². The molecule has 2 saturated heterocycles. The van der Waals surface area contributed by atoms with Crippen LogP contribution in [0.25, 0.3) is 0 Å². The normalized spacial score (nSPS) is 24.5. The van der Waals surface area contributed by atoms with Crippen molar-refractivity contribution < 1.29 is 52.2 Å². The smallest absolute Gasteiger partial charge is 0.302 e. The van der Waals surface area contributed by atoms with E-state index in [-0.39, 0.29) is 39.5 Å². The fourth-order valence-electron chi connectivity index (χ4n) is 7.95. The fourth-order valence-corrected chi connectivity index (χ4v) is 8.68. The Kier molecular flexibility index (Phi) is 19.1. The lowest BCUT2D eigenvalue weighted by Gasteiger charge is -2.48. The second-order valence-electron chi connectivity index (χ2n) is 18.1. The summed E-state index contributed by atoms with van der Waals surface area (Å²) in [6.45, 7) is 10.6. The van der Waals surface area contributed by atoms with Crippen molar-refractivity contribution in [1.82, 2.24) is 0 Å². The first-order valence-electron chi connectivity index (χ1n) is 23.1. The van der Waals surface area contributed by atoms with Gasteiger partial charge in [0.1, 0.15) is 42.7 Å². The van der Waals surface area contributed by atoms with Crippen LogP contribution in [-0.2, 0) is 85.2 Å². The molecule has 0 aromatic heterocycles. The van der Waals surface area contributed by atoms with Crippen molar-refractivity contribution in [3.63, 3.8) is 0 Å². The zero-order valence-corrected chi connectivity index (χ0v) is 39.7. The Morgan fingerprint density at radius 3 is 1.39 bits per heavy atom. The van der Waals surface area contributed by atoms with Crippen LogP contribution in [-0.4, -0.2) is 89.2 Å². The SMILES string of the molecule is CC(=O)O[C@@H]1C[C@@H](OCc2ccccc2)[C@H](O[C@H]2[C@H](OCc3ccccc3)[C@@H](OCc3ccccc3)[C@H](OCC[Si](C)(C)C)O[C@@H]2COCc2ccccc2)O[C@@H]1COCc1ccccc1. The van der Waals surface area contributed by atoms with Crippen molar-refractivity contribution in [2.45, 2.75) is 127 Å². The van der Waals surface area contributed by atoms with Gasteiger partial charge in [-0.3, -0.25) is 4.79 Å². The highest BCUT2D eigenvalue weighted by molar-refractivity contribution is 6.76. The van der Waals surface area contributed by atoms with Gasteiger partial charge in [-0.25, -0.2) is 0 Å². The summed E-state index contributed by atoms with van der Waals surface area (Å²) in [5, 5.41) is 0. The van der Waals surface area contributed by atoms with Crippen molar-refractivity contribution in [1.29, 1.82) is 0 Å². The Balaban J connectivity index is 1.24. The second-order valence-corrected chi connectivity index (χ2v) is 23.7. The van der Waals surface area contributed by atoms with Crippen molar-refractivity contribution >= 4 is 14.0 Å². The highest BCUT2D eigenvalue weighted by Gasteiger charge is 2.52. The molecule has 0 unspecified atom stereocenters. The lowest BCUT2D eigenvalue weighted by molar-refractivity contribution is -0.364. The Bertz CT molecular complexity index is 2110. The average molecular weight is 919 g/mol. The van der Waals surface area contributed by atoms with E-state index in [1.807, 2.05) is 152 Å². The van der Waals surface area contributed by atoms with Crippen LogP contribution < -0.4 is 0 Å². The minimum Gasteiger partial charge on any atom is -0.460 e. The molecule has 66 heavy (non-hydrogen) atoms. The predicted octanol–water partition coefficient (Wildman–Crippen LogP) is 9.69. The number of hydrogen-bond acceptors (Lipinski definition) is 11. The molecule has 0 amide bonds. The first kappa shape index (κ1) is 49.3. The Morgan fingerprint density at radius 1 is 0.500 bits per heavy atom. The van der Waals surface area contributed by atoms with Gasteiger partial charge in [0.25, 0.3) is 0 Å². The van der Waals surface area contributed by atoms with Crippen molar-refractivity contribution in [3.8, 4) is 0 Å². The zero-order valence-electron chi connectivity index (χ0n) is 38.7. The number of hydrogen-bond donors (Lipinski definition) is 0. The molecule has 2 fully saturated rings.